The van der Waals surface area contributed by atoms with E-state index >= 15 is 0 Å². The van der Waals surface area contributed by atoms with Gasteiger partial charge in [-0.3, -0.25) is 4.79 Å². The van der Waals surface area contributed by atoms with Gasteiger partial charge in [-0.1, -0.05) is 31.2 Å². The summed E-state index contributed by atoms with van der Waals surface area (Å²) in [5.41, 5.74) is 8.50. The summed E-state index contributed by atoms with van der Waals surface area (Å²) in [5.74, 6) is 4.22. The molecule has 302 valence electrons. The third-order valence-electron chi connectivity index (χ3n) is 10.7. The van der Waals surface area contributed by atoms with Crippen molar-refractivity contribution in [1.29, 1.82) is 0 Å². The van der Waals surface area contributed by atoms with Crippen molar-refractivity contribution in [2.45, 2.75) is 71.3 Å². The summed E-state index contributed by atoms with van der Waals surface area (Å²) in [6.07, 6.45) is 12.8. The third-order valence-corrected chi connectivity index (χ3v) is 10.7. The molecule has 0 unspecified atom stereocenters. The summed E-state index contributed by atoms with van der Waals surface area (Å²) < 4.78 is 43.4. The molecule has 0 bridgehead atoms. The van der Waals surface area contributed by atoms with Crippen LogP contribution in [0.1, 0.15) is 61.3 Å². The zero-order valence-electron chi connectivity index (χ0n) is 34.0. The van der Waals surface area contributed by atoms with Gasteiger partial charge in [0.15, 0.2) is 35.7 Å². The molecule has 0 saturated heterocycles. The summed E-state index contributed by atoms with van der Waals surface area (Å²) in [4.78, 5) is 13.6. The first-order valence-corrected chi connectivity index (χ1v) is 20.4. The number of aromatic nitrogens is 1. The van der Waals surface area contributed by atoms with Crippen LogP contribution in [0.25, 0.3) is 33.2 Å². The Balaban J connectivity index is 0.959. The van der Waals surface area contributed by atoms with Crippen LogP contribution in [-0.4, -0.2) is 46.8 Å². The number of benzene rings is 4. The van der Waals surface area contributed by atoms with E-state index in [1.165, 1.54) is 5.56 Å². The maximum Gasteiger partial charge on any atom is 0.310 e. The van der Waals surface area contributed by atoms with Crippen molar-refractivity contribution in [1.82, 2.24) is 0 Å². The predicted octanol–water partition coefficient (Wildman–Crippen LogP) is 9.73. The van der Waals surface area contributed by atoms with Gasteiger partial charge in [-0.05, 0) is 116 Å². The fourth-order valence-electron chi connectivity index (χ4n) is 7.95. The van der Waals surface area contributed by atoms with E-state index in [0.29, 0.717) is 43.5 Å². The Morgan fingerprint density at radius 1 is 0.776 bits per heavy atom. The van der Waals surface area contributed by atoms with Crippen LogP contribution in [-0.2, 0) is 41.8 Å². The number of methoxy groups -OCH3 is 2. The normalized spacial score (nSPS) is 12.4. The summed E-state index contributed by atoms with van der Waals surface area (Å²) in [6, 6.07) is 20.7. The maximum absolute atomic E-state index is 13.6. The molecule has 0 saturated carbocycles. The van der Waals surface area contributed by atoms with Gasteiger partial charge >= 0.3 is 5.97 Å². The summed E-state index contributed by atoms with van der Waals surface area (Å²) in [6.45, 7) is 12.6. The van der Waals surface area contributed by atoms with Crippen molar-refractivity contribution in [2.24, 2.45) is 0 Å². The van der Waals surface area contributed by atoms with E-state index in [0.717, 1.165) is 119 Å². The van der Waals surface area contributed by atoms with Gasteiger partial charge in [0.25, 0.3) is 0 Å². The second kappa shape index (κ2) is 19.0. The number of aryl methyl sites for hydroxylation is 2. The van der Waals surface area contributed by atoms with Crippen molar-refractivity contribution in [3.8, 4) is 56.9 Å². The van der Waals surface area contributed by atoms with Crippen LogP contribution in [0.2, 0.25) is 0 Å². The molecule has 4 aromatic carbocycles. The van der Waals surface area contributed by atoms with Crippen LogP contribution in [0.3, 0.4) is 0 Å². The molecule has 7 rings (SSSR count). The van der Waals surface area contributed by atoms with E-state index < -0.39 is 0 Å². The Morgan fingerprint density at radius 3 is 2.31 bits per heavy atom. The van der Waals surface area contributed by atoms with Crippen molar-refractivity contribution in [3.63, 3.8) is 0 Å². The molecule has 5 aromatic rings. The molecule has 1 aromatic heterocycles. The Labute approximate surface area is 341 Å². The minimum Gasteiger partial charge on any atom is -0.493 e. The zero-order chi connectivity index (χ0) is 40.4. The number of unbranched alkanes of at least 4 members (excludes halogenated alkanes) is 3. The number of nitrogens with zero attached hydrogens (tertiary/aromatic N) is 1. The standard InChI is InChI=1S/C49H54NO8/c1-6-13-33-15-18-43(54-23-8-3)38(26-33)34-16-19-42(36(27-34)14-7-2)55-24-11-9-10-12-25-56-47(51)30-40-37-17-20-44(52-4)49(53-5)41(37)31-50-22-21-35-28-45-46(58-32-57-45)29-39(35)48(40)50/h6-7,15-20,26-29,31H,1-2,8-14,21-25,30,32H2,3-5H3/q+1. The molecule has 0 spiro atoms. The lowest BCUT2D eigenvalue weighted by Gasteiger charge is -2.20. The monoisotopic (exact) mass is 784 g/mol. The number of pyridine rings is 1. The molecule has 3 heterocycles. The van der Waals surface area contributed by atoms with Crippen LogP contribution < -0.4 is 33.0 Å². The zero-order valence-corrected chi connectivity index (χ0v) is 34.0. The van der Waals surface area contributed by atoms with Gasteiger partial charge in [0.2, 0.25) is 12.5 Å². The molecule has 0 fully saturated rings. The number of allylic oxidation sites excluding steroid dienone is 2. The number of carbonyl (C=O) groups excluding carboxylic acids is 1. The van der Waals surface area contributed by atoms with Crippen molar-refractivity contribution < 1.29 is 42.5 Å². The molecule has 58 heavy (non-hydrogen) atoms. The highest BCUT2D eigenvalue weighted by atomic mass is 16.7. The van der Waals surface area contributed by atoms with Gasteiger partial charge in [-0.2, -0.15) is 4.57 Å². The average molecular weight is 785 g/mol. The van der Waals surface area contributed by atoms with Gasteiger partial charge in [0.05, 0.1) is 51.4 Å². The van der Waals surface area contributed by atoms with Gasteiger partial charge in [0, 0.05) is 22.9 Å². The van der Waals surface area contributed by atoms with Crippen molar-refractivity contribution in [3.05, 3.63) is 114 Å². The molecule has 9 heteroatoms. The van der Waals surface area contributed by atoms with E-state index in [1.807, 2.05) is 30.4 Å². The number of rotatable bonds is 20. The molecule has 0 atom stereocenters. The van der Waals surface area contributed by atoms with E-state index in [9.17, 15) is 4.79 Å². The Morgan fingerprint density at radius 2 is 1.53 bits per heavy atom. The second-order valence-corrected chi connectivity index (χ2v) is 14.7. The number of fused-ring (bicyclic) bond motifs is 5. The van der Waals surface area contributed by atoms with Gasteiger partial charge < -0.3 is 33.2 Å². The minimum absolute atomic E-state index is 0.114. The Bertz CT molecular complexity index is 2300. The number of hydrogen-bond donors (Lipinski definition) is 0. The van der Waals surface area contributed by atoms with Crippen molar-refractivity contribution in [2.75, 3.05) is 40.8 Å². The summed E-state index contributed by atoms with van der Waals surface area (Å²) in [7, 11) is 3.27. The molecule has 0 amide bonds. The van der Waals surface area contributed by atoms with E-state index in [-0.39, 0.29) is 19.2 Å². The highest BCUT2D eigenvalue weighted by Crippen LogP contribution is 2.44. The van der Waals surface area contributed by atoms with E-state index in [4.69, 9.17) is 33.2 Å². The van der Waals surface area contributed by atoms with Crippen LogP contribution in [0.4, 0.5) is 0 Å². The maximum atomic E-state index is 13.6. The smallest absolute Gasteiger partial charge is 0.310 e. The SMILES string of the molecule is C=CCc1ccc(OCCC)c(-c2ccc(OCCCCCCOC(=O)Cc3c4[n+](cc5c(OC)c(OC)ccc35)CCc3cc5c(cc3-4)OCO5)c(CC=C)c2)c1. The molecule has 9 nitrogen and oxygen atoms in total. The van der Waals surface area contributed by atoms with Crippen LogP contribution in [0, 0.1) is 0 Å². The quantitative estimate of drug-likeness (QED) is 0.0334. The molecule has 0 aliphatic carbocycles. The largest absolute Gasteiger partial charge is 0.493 e. The van der Waals surface area contributed by atoms with Gasteiger partial charge in [-0.15, -0.1) is 13.2 Å². The molecule has 2 aliphatic rings. The predicted molar refractivity (Wildman–Crippen MR) is 227 cm³/mol. The third kappa shape index (κ3) is 8.79. The lowest BCUT2D eigenvalue weighted by molar-refractivity contribution is -0.686. The number of carbonyl (C=O) groups is 1. The number of ether oxygens (including phenoxy) is 7. The molecular formula is C49H54NO8+. The summed E-state index contributed by atoms with van der Waals surface area (Å²) in [5, 5.41) is 1.80. The lowest BCUT2D eigenvalue weighted by atomic mass is 9.90. The molecule has 0 N–H and O–H groups in total. The Hall–Kier alpha value is -5.96. The van der Waals surface area contributed by atoms with Crippen molar-refractivity contribution >= 4 is 16.7 Å². The Kier molecular flexibility index (Phi) is 13.2. The first kappa shape index (κ1) is 40.2. The summed E-state index contributed by atoms with van der Waals surface area (Å²) >= 11 is 0. The fraction of sp³-hybridized carbons (Fsp3) is 0.347. The van der Waals surface area contributed by atoms with Gasteiger partial charge in [-0.25, -0.2) is 0 Å². The molecular weight excluding hydrogens is 731 g/mol. The first-order valence-electron chi connectivity index (χ1n) is 20.4. The second-order valence-electron chi connectivity index (χ2n) is 14.7. The number of esters is 1. The van der Waals surface area contributed by atoms with Crippen LogP contribution >= 0.6 is 0 Å². The van der Waals surface area contributed by atoms with Crippen LogP contribution in [0.15, 0.2) is 92.2 Å². The number of hydrogen-bond acceptors (Lipinski definition) is 8. The average Bonchev–Trinajstić information content (AvgIpc) is 3.70. The lowest BCUT2D eigenvalue weighted by Crippen LogP contribution is -2.41. The van der Waals surface area contributed by atoms with Gasteiger partial charge in [0.1, 0.15) is 11.5 Å². The highest BCUT2D eigenvalue weighted by molar-refractivity contribution is 5.97. The highest BCUT2D eigenvalue weighted by Gasteiger charge is 2.33. The first-order chi connectivity index (χ1) is 28.5. The topological polar surface area (TPSA) is 85.6 Å². The molecule has 2 aliphatic heterocycles. The fourth-order valence-corrected chi connectivity index (χ4v) is 7.95. The minimum atomic E-state index is -0.268. The van der Waals surface area contributed by atoms with Crippen LogP contribution in [0.5, 0.6) is 34.5 Å². The van der Waals surface area contributed by atoms with E-state index in [1.54, 1.807) is 14.2 Å². The van der Waals surface area contributed by atoms with E-state index in [2.05, 4.69) is 73.3 Å². The molecule has 0 radical (unpaired) electrons.